The molecule has 1 N–H and O–H groups in total. The summed E-state index contributed by atoms with van der Waals surface area (Å²) < 4.78 is 11.5. The molecule has 1 fully saturated rings. The van der Waals surface area contributed by atoms with Crippen LogP contribution in [0.4, 0.5) is 5.82 Å². The minimum Gasteiger partial charge on any atom is -0.490 e. The average Bonchev–Trinajstić information content (AvgIpc) is 3.13. The van der Waals surface area contributed by atoms with E-state index in [1.807, 2.05) is 35.2 Å². The summed E-state index contributed by atoms with van der Waals surface area (Å²) in [4.78, 5) is 19.2. The van der Waals surface area contributed by atoms with Gasteiger partial charge in [0.1, 0.15) is 5.82 Å². The summed E-state index contributed by atoms with van der Waals surface area (Å²) >= 11 is 0. The molecule has 4 rings (SSSR count). The Balaban J connectivity index is 1.54. The lowest BCUT2D eigenvalue weighted by molar-refractivity contribution is 0.0793. The Morgan fingerprint density at radius 2 is 1.89 bits per heavy atom. The SMILES string of the molecule is CC(Nc1ncccc1C(=O)N1CCCC1)c1ccc2c(c1)OCCCO2. The number of rotatable bonds is 4. The molecule has 1 amide bonds. The molecule has 142 valence electrons. The molecule has 6 heteroatoms. The fraction of sp³-hybridized carbons (Fsp3) is 0.429. The van der Waals surface area contributed by atoms with E-state index in [2.05, 4.69) is 17.2 Å². The molecular formula is C21H25N3O3. The third-order valence-electron chi connectivity index (χ3n) is 5.06. The quantitative estimate of drug-likeness (QED) is 0.894. The number of pyridine rings is 1. The predicted molar refractivity (Wildman–Crippen MR) is 103 cm³/mol. The minimum atomic E-state index is -0.0258. The highest BCUT2D eigenvalue weighted by atomic mass is 16.5. The number of amides is 1. The Kier molecular flexibility index (Phi) is 5.14. The van der Waals surface area contributed by atoms with Gasteiger partial charge in [-0.25, -0.2) is 4.98 Å². The van der Waals surface area contributed by atoms with Crippen molar-refractivity contribution in [3.8, 4) is 11.5 Å². The van der Waals surface area contributed by atoms with Gasteiger partial charge >= 0.3 is 0 Å². The topological polar surface area (TPSA) is 63.7 Å². The smallest absolute Gasteiger partial charge is 0.257 e. The number of benzene rings is 1. The van der Waals surface area contributed by atoms with Gasteiger partial charge in [-0.2, -0.15) is 0 Å². The monoisotopic (exact) mass is 367 g/mol. The van der Waals surface area contributed by atoms with Gasteiger partial charge in [0, 0.05) is 25.7 Å². The van der Waals surface area contributed by atoms with Crippen LogP contribution in [0.1, 0.15) is 48.1 Å². The summed E-state index contributed by atoms with van der Waals surface area (Å²) in [6.45, 7) is 5.04. The van der Waals surface area contributed by atoms with Crippen LogP contribution in [0.25, 0.3) is 0 Å². The van der Waals surface area contributed by atoms with E-state index in [4.69, 9.17) is 9.47 Å². The highest BCUT2D eigenvalue weighted by Crippen LogP contribution is 2.33. The van der Waals surface area contributed by atoms with Gasteiger partial charge in [-0.3, -0.25) is 4.79 Å². The molecule has 2 aliphatic rings. The summed E-state index contributed by atoms with van der Waals surface area (Å²) in [5.41, 5.74) is 1.69. The van der Waals surface area contributed by atoms with Crippen molar-refractivity contribution in [3.05, 3.63) is 47.7 Å². The highest BCUT2D eigenvalue weighted by molar-refractivity contribution is 5.98. The van der Waals surface area contributed by atoms with Crippen LogP contribution in [-0.2, 0) is 0 Å². The number of fused-ring (bicyclic) bond motifs is 1. The fourth-order valence-electron chi connectivity index (χ4n) is 3.52. The largest absolute Gasteiger partial charge is 0.490 e. The third kappa shape index (κ3) is 3.84. The van der Waals surface area contributed by atoms with Crippen molar-refractivity contribution in [2.24, 2.45) is 0 Å². The number of carbonyl (C=O) groups excluding carboxylic acids is 1. The molecule has 0 bridgehead atoms. The molecule has 3 heterocycles. The summed E-state index contributed by atoms with van der Waals surface area (Å²) in [5.74, 6) is 2.22. The van der Waals surface area contributed by atoms with Gasteiger partial charge in [0.2, 0.25) is 0 Å². The van der Waals surface area contributed by atoms with Crippen LogP contribution in [-0.4, -0.2) is 42.1 Å². The maximum absolute atomic E-state index is 12.8. The van der Waals surface area contributed by atoms with E-state index < -0.39 is 0 Å². The first-order valence-corrected chi connectivity index (χ1v) is 9.63. The van der Waals surface area contributed by atoms with Crippen molar-refractivity contribution in [2.75, 3.05) is 31.6 Å². The fourth-order valence-corrected chi connectivity index (χ4v) is 3.52. The molecule has 1 atom stereocenters. The van der Waals surface area contributed by atoms with Gasteiger partial charge in [-0.1, -0.05) is 6.07 Å². The van der Waals surface area contributed by atoms with Crippen molar-refractivity contribution in [3.63, 3.8) is 0 Å². The van der Waals surface area contributed by atoms with E-state index in [9.17, 15) is 4.79 Å². The summed E-state index contributed by atoms with van der Waals surface area (Å²) in [7, 11) is 0. The van der Waals surface area contributed by atoms with Crippen molar-refractivity contribution < 1.29 is 14.3 Å². The lowest BCUT2D eigenvalue weighted by atomic mass is 10.1. The van der Waals surface area contributed by atoms with E-state index in [0.29, 0.717) is 24.6 Å². The van der Waals surface area contributed by atoms with Gasteiger partial charge in [0.25, 0.3) is 5.91 Å². The number of carbonyl (C=O) groups is 1. The van der Waals surface area contributed by atoms with Gasteiger partial charge in [0.05, 0.1) is 24.8 Å². The second-order valence-corrected chi connectivity index (χ2v) is 7.02. The molecule has 0 aliphatic carbocycles. The molecule has 0 radical (unpaired) electrons. The molecule has 0 spiro atoms. The Morgan fingerprint density at radius 1 is 1.11 bits per heavy atom. The number of hydrogen-bond acceptors (Lipinski definition) is 5. The first kappa shape index (κ1) is 17.6. The molecule has 27 heavy (non-hydrogen) atoms. The van der Waals surface area contributed by atoms with Crippen molar-refractivity contribution in [1.82, 2.24) is 9.88 Å². The highest BCUT2D eigenvalue weighted by Gasteiger charge is 2.23. The van der Waals surface area contributed by atoms with Crippen LogP contribution in [0.5, 0.6) is 11.5 Å². The Hall–Kier alpha value is -2.76. The van der Waals surface area contributed by atoms with Crippen molar-refractivity contribution in [2.45, 2.75) is 32.2 Å². The van der Waals surface area contributed by atoms with Crippen LogP contribution in [0, 0.1) is 0 Å². The number of ether oxygens (including phenoxy) is 2. The van der Waals surface area contributed by atoms with Crippen LogP contribution in [0.15, 0.2) is 36.5 Å². The first-order chi connectivity index (χ1) is 13.2. The standard InChI is InChI=1S/C21H25N3O3/c1-15(16-7-8-18-19(14-16)27-13-5-12-26-18)23-20-17(6-4-9-22-20)21(25)24-10-2-3-11-24/h4,6-9,14-15H,2-3,5,10-13H2,1H3,(H,22,23). The molecular weight excluding hydrogens is 342 g/mol. The maximum atomic E-state index is 12.8. The Morgan fingerprint density at radius 3 is 2.70 bits per heavy atom. The van der Waals surface area contributed by atoms with Crippen LogP contribution in [0.2, 0.25) is 0 Å². The van der Waals surface area contributed by atoms with Crippen molar-refractivity contribution in [1.29, 1.82) is 0 Å². The average molecular weight is 367 g/mol. The van der Waals surface area contributed by atoms with Crippen LogP contribution >= 0.6 is 0 Å². The first-order valence-electron chi connectivity index (χ1n) is 9.63. The van der Waals surface area contributed by atoms with E-state index >= 15 is 0 Å². The minimum absolute atomic E-state index is 0.0258. The summed E-state index contributed by atoms with van der Waals surface area (Å²) in [5, 5.41) is 3.40. The number of nitrogens with zero attached hydrogens (tertiary/aromatic N) is 2. The molecule has 2 aromatic rings. The lowest BCUT2D eigenvalue weighted by Gasteiger charge is -2.21. The Bertz CT molecular complexity index is 818. The molecule has 1 unspecified atom stereocenters. The molecule has 2 aliphatic heterocycles. The maximum Gasteiger partial charge on any atom is 0.257 e. The number of anilines is 1. The zero-order valence-electron chi connectivity index (χ0n) is 15.6. The second-order valence-electron chi connectivity index (χ2n) is 7.02. The number of hydrogen-bond donors (Lipinski definition) is 1. The lowest BCUT2D eigenvalue weighted by Crippen LogP contribution is -2.28. The Labute approximate surface area is 159 Å². The normalized spacial score (nSPS) is 17.3. The van der Waals surface area contributed by atoms with E-state index in [0.717, 1.165) is 49.4 Å². The summed E-state index contributed by atoms with van der Waals surface area (Å²) in [6.07, 6.45) is 4.74. The van der Waals surface area contributed by atoms with Crippen LogP contribution < -0.4 is 14.8 Å². The second kappa shape index (κ2) is 7.86. The molecule has 1 saturated heterocycles. The molecule has 0 saturated carbocycles. The zero-order chi connectivity index (χ0) is 18.6. The van der Waals surface area contributed by atoms with E-state index in [-0.39, 0.29) is 11.9 Å². The number of likely N-dealkylation sites (tertiary alicyclic amines) is 1. The zero-order valence-corrected chi connectivity index (χ0v) is 15.6. The molecule has 1 aromatic carbocycles. The number of nitrogens with one attached hydrogen (secondary N) is 1. The molecule has 6 nitrogen and oxygen atoms in total. The predicted octanol–water partition coefficient (Wildman–Crippen LogP) is 3.65. The van der Waals surface area contributed by atoms with Crippen molar-refractivity contribution >= 4 is 11.7 Å². The van der Waals surface area contributed by atoms with Gasteiger partial charge in [0.15, 0.2) is 11.5 Å². The number of aromatic nitrogens is 1. The third-order valence-corrected chi connectivity index (χ3v) is 5.06. The van der Waals surface area contributed by atoms with E-state index in [1.165, 1.54) is 0 Å². The molecule has 1 aromatic heterocycles. The van der Waals surface area contributed by atoms with Crippen LogP contribution in [0.3, 0.4) is 0 Å². The van der Waals surface area contributed by atoms with E-state index in [1.54, 1.807) is 6.20 Å². The van der Waals surface area contributed by atoms with Gasteiger partial charge < -0.3 is 19.7 Å². The van der Waals surface area contributed by atoms with Gasteiger partial charge in [-0.15, -0.1) is 0 Å². The summed E-state index contributed by atoms with van der Waals surface area (Å²) in [6, 6.07) is 9.60. The van der Waals surface area contributed by atoms with Gasteiger partial charge in [-0.05, 0) is 49.6 Å².